The summed E-state index contributed by atoms with van der Waals surface area (Å²) < 4.78 is 6.84. The lowest BCUT2D eigenvalue weighted by Gasteiger charge is -2.16. The maximum absolute atomic E-state index is 12.6. The highest BCUT2D eigenvalue weighted by atomic mass is 16.5. The summed E-state index contributed by atoms with van der Waals surface area (Å²) in [6.45, 7) is 5.88. The van der Waals surface area contributed by atoms with Crippen LogP contribution in [0.1, 0.15) is 25.6 Å². The molecule has 0 aliphatic carbocycles. The van der Waals surface area contributed by atoms with Gasteiger partial charge >= 0.3 is 0 Å². The van der Waals surface area contributed by atoms with Crippen LogP contribution in [0.15, 0.2) is 41.5 Å². The van der Waals surface area contributed by atoms with E-state index in [0.717, 1.165) is 5.69 Å². The van der Waals surface area contributed by atoms with E-state index in [9.17, 15) is 9.59 Å². The van der Waals surface area contributed by atoms with E-state index in [-0.39, 0.29) is 11.5 Å². The first-order valence-corrected chi connectivity index (χ1v) is 8.10. The van der Waals surface area contributed by atoms with Crippen LogP contribution < -0.4 is 15.6 Å². The van der Waals surface area contributed by atoms with Crippen LogP contribution in [0, 0.1) is 6.92 Å². The van der Waals surface area contributed by atoms with Gasteiger partial charge in [-0.05, 0) is 39.0 Å². The van der Waals surface area contributed by atoms with Gasteiger partial charge in [-0.2, -0.15) is 0 Å². The molecule has 130 valence electrons. The molecule has 0 saturated heterocycles. The Morgan fingerprint density at radius 1 is 1.40 bits per heavy atom. The van der Waals surface area contributed by atoms with Crippen LogP contribution >= 0.6 is 0 Å². The van der Waals surface area contributed by atoms with E-state index in [2.05, 4.69) is 15.3 Å². The zero-order valence-corrected chi connectivity index (χ0v) is 14.4. The number of aryl methyl sites for hydroxylation is 1. The maximum atomic E-state index is 12.6. The van der Waals surface area contributed by atoms with Crippen LogP contribution in [0.5, 0.6) is 5.75 Å². The molecule has 2 N–H and O–H groups in total. The predicted octanol–water partition coefficient (Wildman–Crippen LogP) is 2.63. The fourth-order valence-electron chi connectivity index (χ4n) is 2.64. The second-order valence-corrected chi connectivity index (χ2v) is 5.77. The Labute approximate surface area is 144 Å². The number of aromatic amines is 1. The van der Waals surface area contributed by atoms with Crippen molar-refractivity contribution in [3.05, 3.63) is 52.7 Å². The average molecular weight is 340 g/mol. The van der Waals surface area contributed by atoms with E-state index in [0.29, 0.717) is 29.1 Å². The zero-order valence-electron chi connectivity index (χ0n) is 14.4. The lowest BCUT2D eigenvalue weighted by Crippen LogP contribution is -2.31. The fourth-order valence-corrected chi connectivity index (χ4v) is 2.64. The molecule has 7 nitrogen and oxygen atoms in total. The molecule has 2 heterocycles. The number of hydrogen-bond acceptors (Lipinski definition) is 4. The normalized spacial score (nSPS) is 12.1. The number of carbonyl (C=O) groups is 1. The van der Waals surface area contributed by atoms with Crippen molar-refractivity contribution < 1.29 is 9.53 Å². The minimum Gasteiger partial charge on any atom is -0.492 e. The lowest BCUT2D eigenvalue weighted by molar-refractivity contribution is -0.118. The molecule has 3 rings (SSSR count). The topological polar surface area (TPSA) is 89.0 Å². The molecule has 1 atom stereocenters. The van der Waals surface area contributed by atoms with Crippen molar-refractivity contribution in [3.8, 4) is 5.75 Å². The Kier molecular flexibility index (Phi) is 4.56. The second-order valence-electron chi connectivity index (χ2n) is 5.77. The number of para-hydroxylation sites is 2. The first-order chi connectivity index (χ1) is 12.0. The number of rotatable bonds is 5. The van der Waals surface area contributed by atoms with Gasteiger partial charge in [0.25, 0.3) is 5.56 Å². The monoisotopic (exact) mass is 340 g/mol. The molecule has 0 aliphatic heterocycles. The highest BCUT2D eigenvalue weighted by molar-refractivity contribution is 5.95. The third kappa shape index (κ3) is 3.26. The van der Waals surface area contributed by atoms with Gasteiger partial charge in [-0.1, -0.05) is 12.1 Å². The van der Waals surface area contributed by atoms with Crippen molar-refractivity contribution in [3.63, 3.8) is 0 Å². The molecule has 1 amide bonds. The first kappa shape index (κ1) is 16.8. The van der Waals surface area contributed by atoms with E-state index < -0.39 is 6.04 Å². The Hall–Kier alpha value is -3.09. The van der Waals surface area contributed by atoms with Crippen molar-refractivity contribution in [2.75, 3.05) is 11.9 Å². The molecule has 0 bridgehead atoms. The molecule has 0 spiro atoms. The molecular weight excluding hydrogens is 320 g/mol. The number of nitrogens with zero attached hydrogens (tertiary/aromatic N) is 2. The van der Waals surface area contributed by atoms with Gasteiger partial charge in [0.2, 0.25) is 5.91 Å². The van der Waals surface area contributed by atoms with Crippen LogP contribution in [-0.4, -0.2) is 27.0 Å². The summed E-state index contributed by atoms with van der Waals surface area (Å²) in [5.41, 5.74) is 1.68. The first-order valence-electron chi connectivity index (χ1n) is 8.10. The van der Waals surface area contributed by atoms with Gasteiger partial charge in [0.05, 0.1) is 17.7 Å². The molecule has 3 aromatic rings. The molecule has 0 radical (unpaired) electrons. The van der Waals surface area contributed by atoms with Crippen molar-refractivity contribution in [1.29, 1.82) is 0 Å². The minimum absolute atomic E-state index is 0.255. The third-order valence-corrected chi connectivity index (χ3v) is 3.95. The number of hydrogen-bond donors (Lipinski definition) is 2. The van der Waals surface area contributed by atoms with Crippen molar-refractivity contribution in [2.24, 2.45) is 0 Å². The molecule has 0 aliphatic rings. The summed E-state index contributed by atoms with van der Waals surface area (Å²) in [6.07, 6.45) is 1.39. The van der Waals surface area contributed by atoms with Crippen LogP contribution in [0.2, 0.25) is 0 Å². The van der Waals surface area contributed by atoms with E-state index in [1.807, 2.05) is 26.0 Å². The van der Waals surface area contributed by atoms with Crippen molar-refractivity contribution >= 4 is 22.6 Å². The second kappa shape index (κ2) is 6.80. The number of nitrogens with one attached hydrogen (secondary N) is 2. The lowest BCUT2D eigenvalue weighted by atomic mass is 10.2. The number of benzene rings is 1. The Morgan fingerprint density at radius 2 is 2.16 bits per heavy atom. The van der Waals surface area contributed by atoms with Crippen molar-refractivity contribution in [2.45, 2.75) is 26.8 Å². The Bertz CT molecular complexity index is 974. The van der Waals surface area contributed by atoms with Crippen LogP contribution in [0.4, 0.5) is 5.69 Å². The Balaban J connectivity index is 1.88. The summed E-state index contributed by atoms with van der Waals surface area (Å²) >= 11 is 0. The quantitative estimate of drug-likeness (QED) is 0.747. The largest absolute Gasteiger partial charge is 0.492 e. The molecule has 7 heteroatoms. The van der Waals surface area contributed by atoms with Crippen LogP contribution in [-0.2, 0) is 4.79 Å². The van der Waals surface area contributed by atoms with Gasteiger partial charge in [0, 0.05) is 5.69 Å². The van der Waals surface area contributed by atoms with E-state index in [4.69, 9.17) is 4.74 Å². The molecule has 2 aromatic heterocycles. The SMILES string of the molecule is CCOc1ccccc1NC(=O)C(C)n1cnc2[nH]c(C)cc2c1=O. The van der Waals surface area contributed by atoms with Gasteiger partial charge in [-0.15, -0.1) is 0 Å². The van der Waals surface area contributed by atoms with E-state index in [1.54, 1.807) is 25.1 Å². The highest BCUT2D eigenvalue weighted by Crippen LogP contribution is 2.24. The minimum atomic E-state index is -0.714. The van der Waals surface area contributed by atoms with E-state index in [1.165, 1.54) is 10.9 Å². The standard InChI is InChI=1S/C18H20N4O3/c1-4-25-15-8-6-5-7-14(15)21-17(23)12(3)22-10-19-16-13(18(22)24)9-11(2)20-16/h5-10,12,20H,4H2,1-3H3,(H,21,23). The third-order valence-electron chi connectivity index (χ3n) is 3.95. The number of ether oxygens (including phenoxy) is 1. The number of carbonyl (C=O) groups excluding carboxylic acids is 1. The number of H-pyrrole nitrogens is 1. The molecule has 0 fully saturated rings. The molecule has 25 heavy (non-hydrogen) atoms. The van der Waals surface area contributed by atoms with Crippen LogP contribution in [0.25, 0.3) is 11.0 Å². The number of aromatic nitrogens is 3. The van der Waals surface area contributed by atoms with Gasteiger partial charge in [-0.25, -0.2) is 4.98 Å². The van der Waals surface area contributed by atoms with E-state index >= 15 is 0 Å². The molecule has 0 saturated carbocycles. The maximum Gasteiger partial charge on any atom is 0.263 e. The highest BCUT2D eigenvalue weighted by Gasteiger charge is 2.19. The number of fused-ring (bicyclic) bond motifs is 1. The summed E-state index contributed by atoms with van der Waals surface area (Å²) in [6, 6.07) is 8.21. The summed E-state index contributed by atoms with van der Waals surface area (Å²) in [4.78, 5) is 32.4. The van der Waals surface area contributed by atoms with Gasteiger partial charge in [0.1, 0.15) is 23.8 Å². The predicted molar refractivity (Wildman–Crippen MR) is 96.0 cm³/mol. The number of amides is 1. The fraction of sp³-hybridized carbons (Fsp3) is 0.278. The average Bonchev–Trinajstić information content (AvgIpc) is 2.98. The molecule has 1 aromatic carbocycles. The Morgan fingerprint density at radius 3 is 2.92 bits per heavy atom. The summed E-state index contributed by atoms with van der Waals surface area (Å²) in [5.74, 6) is 0.274. The molecular formula is C18H20N4O3. The van der Waals surface area contributed by atoms with Gasteiger partial charge < -0.3 is 15.0 Å². The summed E-state index contributed by atoms with van der Waals surface area (Å²) in [7, 11) is 0. The van der Waals surface area contributed by atoms with Crippen LogP contribution in [0.3, 0.4) is 0 Å². The smallest absolute Gasteiger partial charge is 0.263 e. The summed E-state index contributed by atoms with van der Waals surface area (Å²) in [5, 5.41) is 3.28. The number of anilines is 1. The van der Waals surface area contributed by atoms with Gasteiger partial charge in [0.15, 0.2) is 0 Å². The van der Waals surface area contributed by atoms with Crippen molar-refractivity contribution in [1.82, 2.24) is 14.5 Å². The molecule has 1 unspecified atom stereocenters. The zero-order chi connectivity index (χ0) is 18.0. The van der Waals surface area contributed by atoms with Gasteiger partial charge in [-0.3, -0.25) is 14.2 Å².